The van der Waals surface area contributed by atoms with Gasteiger partial charge in [-0.15, -0.1) is 0 Å². The molecule has 0 aliphatic heterocycles. The summed E-state index contributed by atoms with van der Waals surface area (Å²) >= 11 is 0. The first-order valence-corrected chi connectivity index (χ1v) is 9.02. The minimum atomic E-state index is -0.229. The molecule has 0 saturated heterocycles. The molecule has 0 aliphatic rings. The van der Waals surface area contributed by atoms with Crippen LogP contribution in [0.5, 0.6) is 0 Å². The monoisotopic (exact) mass is 358 g/mol. The van der Waals surface area contributed by atoms with Crippen molar-refractivity contribution >= 4 is 11.0 Å². The Morgan fingerprint density at radius 2 is 1.67 bits per heavy atom. The minimum Gasteiger partial charge on any atom is -0.294 e. The van der Waals surface area contributed by atoms with E-state index in [1.165, 1.54) is 0 Å². The fourth-order valence-electron chi connectivity index (χ4n) is 3.29. The van der Waals surface area contributed by atoms with E-state index in [9.17, 15) is 4.79 Å². The second-order valence-electron chi connectivity index (χ2n) is 7.67. The predicted molar refractivity (Wildman–Crippen MR) is 108 cm³/mol. The van der Waals surface area contributed by atoms with Crippen molar-refractivity contribution in [3.63, 3.8) is 0 Å². The third kappa shape index (κ3) is 3.16. The summed E-state index contributed by atoms with van der Waals surface area (Å²) in [4.78, 5) is 17.5. The molecule has 27 heavy (non-hydrogen) atoms. The Kier molecular flexibility index (Phi) is 4.15. The first-order valence-electron chi connectivity index (χ1n) is 9.02. The molecule has 2 aromatic carbocycles. The van der Waals surface area contributed by atoms with Crippen LogP contribution in [0.25, 0.3) is 22.2 Å². The summed E-state index contributed by atoms with van der Waals surface area (Å²) in [6, 6.07) is 18.4. The maximum atomic E-state index is 13.0. The SMILES string of the molecule is CC(C)(C)n1ncc2c(=O)n(Cc3ccccc3-c3ccccc3)cnc21. The Hall–Kier alpha value is -3.21. The van der Waals surface area contributed by atoms with Crippen molar-refractivity contribution in [2.75, 3.05) is 0 Å². The normalized spacial score (nSPS) is 11.8. The van der Waals surface area contributed by atoms with Gasteiger partial charge in [0.15, 0.2) is 5.65 Å². The fourth-order valence-corrected chi connectivity index (χ4v) is 3.29. The van der Waals surface area contributed by atoms with Crippen LogP contribution in [-0.2, 0) is 12.1 Å². The molecule has 2 heterocycles. The molecule has 0 N–H and O–H groups in total. The lowest BCUT2D eigenvalue weighted by Crippen LogP contribution is -2.25. The van der Waals surface area contributed by atoms with Crippen LogP contribution < -0.4 is 5.56 Å². The Bertz CT molecular complexity index is 1150. The number of benzene rings is 2. The highest BCUT2D eigenvalue weighted by Gasteiger charge is 2.20. The van der Waals surface area contributed by atoms with Gasteiger partial charge in [-0.1, -0.05) is 54.6 Å². The second-order valence-corrected chi connectivity index (χ2v) is 7.67. The molecule has 4 rings (SSSR count). The average molecular weight is 358 g/mol. The molecule has 0 unspecified atom stereocenters. The highest BCUT2D eigenvalue weighted by molar-refractivity contribution is 5.73. The summed E-state index contributed by atoms with van der Waals surface area (Å²) in [5.41, 5.74) is 3.66. The van der Waals surface area contributed by atoms with Gasteiger partial charge in [0.25, 0.3) is 5.56 Å². The van der Waals surface area contributed by atoms with E-state index in [1.807, 2.05) is 51.1 Å². The summed E-state index contributed by atoms with van der Waals surface area (Å²) in [6.07, 6.45) is 3.24. The molecule has 0 spiro atoms. The van der Waals surface area contributed by atoms with Crippen LogP contribution in [-0.4, -0.2) is 19.3 Å². The number of hydrogen-bond acceptors (Lipinski definition) is 3. The topological polar surface area (TPSA) is 52.7 Å². The number of rotatable bonds is 3. The number of fused-ring (bicyclic) bond motifs is 1. The maximum Gasteiger partial charge on any atom is 0.264 e. The molecule has 4 aromatic rings. The molecular formula is C22H22N4O. The Balaban J connectivity index is 1.78. The van der Waals surface area contributed by atoms with Gasteiger partial charge in [-0.05, 0) is 37.5 Å². The van der Waals surface area contributed by atoms with Crippen LogP contribution in [0, 0.1) is 0 Å². The van der Waals surface area contributed by atoms with Crippen LogP contribution >= 0.6 is 0 Å². The molecule has 0 bridgehead atoms. The van der Waals surface area contributed by atoms with Crippen LogP contribution in [0.1, 0.15) is 26.3 Å². The molecule has 136 valence electrons. The number of aromatic nitrogens is 4. The van der Waals surface area contributed by atoms with E-state index in [-0.39, 0.29) is 11.1 Å². The van der Waals surface area contributed by atoms with Crippen molar-refractivity contribution < 1.29 is 0 Å². The summed E-state index contributed by atoms with van der Waals surface area (Å²) in [5.74, 6) is 0. The molecule has 0 saturated carbocycles. The predicted octanol–water partition coefficient (Wildman–Crippen LogP) is 4.06. The van der Waals surface area contributed by atoms with Crippen LogP contribution in [0.3, 0.4) is 0 Å². The number of hydrogen-bond donors (Lipinski definition) is 0. The Morgan fingerprint density at radius 3 is 2.41 bits per heavy atom. The average Bonchev–Trinajstić information content (AvgIpc) is 3.10. The highest BCUT2D eigenvalue weighted by atomic mass is 16.1. The lowest BCUT2D eigenvalue weighted by atomic mass is 10.00. The molecular weight excluding hydrogens is 336 g/mol. The van der Waals surface area contributed by atoms with E-state index < -0.39 is 0 Å². The first-order chi connectivity index (χ1) is 12.9. The maximum absolute atomic E-state index is 13.0. The van der Waals surface area contributed by atoms with Gasteiger partial charge in [0, 0.05) is 0 Å². The van der Waals surface area contributed by atoms with Crippen LogP contribution in [0.15, 0.2) is 71.9 Å². The lowest BCUT2D eigenvalue weighted by molar-refractivity contribution is 0.365. The third-order valence-corrected chi connectivity index (χ3v) is 4.63. The minimum absolute atomic E-state index is 0.0710. The van der Waals surface area contributed by atoms with E-state index in [4.69, 9.17) is 0 Å². The molecule has 0 fully saturated rings. The van der Waals surface area contributed by atoms with E-state index >= 15 is 0 Å². The van der Waals surface area contributed by atoms with Crippen LogP contribution in [0.4, 0.5) is 0 Å². The number of nitrogens with zero attached hydrogens (tertiary/aromatic N) is 4. The summed E-state index contributed by atoms with van der Waals surface area (Å²) in [5, 5.41) is 4.93. The summed E-state index contributed by atoms with van der Waals surface area (Å²) < 4.78 is 3.45. The van der Waals surface area contributed by atoms with Gasteiger partial charge in [0.2, 0.25) is 0 Å². The molecule has 5 heteroatoms. The zero-order chi connectivity index (χ0) is 19.0. The highest BCUT2D eigenvalue weighted by Crippen LogP contribution is 2.24. The van der Waals surface area contributed by atoms with Crippen molar-refractivity contribution in [2.45, 2.75) is 32.9 Å². The van der Waals surface area contributed by atoms with Crippen molar-refractivity contribution in [3.05, 3.63) is 83.0 Å². The van der Waals surface area contributed by atoms with E-state index in [0.717, 1.165) is 16.7 Å². The van der Waals surface area contributed by atoms with Gasteiger partial charge >= 0.3 is 0 Å². The largest absolute Gasteiger partial charge is 0.294 e. The standard InChI is InChI=1S/C22H22N4O/c1-22(2,3)26-20-19(13-24-26)21(27)25(15-23-20)14-17-11-7-8-12-18(17)16-9-5-4-6-10-16/h4-13,15H,14H2,1-3H3. The van der Waals surface area contributed by atoms with E-state index in [0.29, 0.717) is 17.6 Å². The molecule has 0 radical (unpaired) electrons. The fraction of sp³-hybridized carbons (Fsp3) is 0.227. The quantitative estimate of drug-likeness (QED) is 0.555. The van der Waals surface area contributed by atoms with Gasteiger partial charge in [0.05, 0.1) is 18.3 Å². The molecule has 0 aliphatic carbocycles. The Labute approximate surface area is 157 Å². The molecule has 0 atom stereocenters. The van der Waals surface area contributed by atoms with Crippen molar-refractivity contribution in [1.29, 1.82) is 0 Å². The van der Waals surface area contributed by atoms with Gasteiger partial charge in [0.1, 0.15) is 11.7 Å². The lowest BCUT2D eigenvalue weighted by Gasteiger charge is -2.19. The van der Waals surface area contributed by atoms with Crippen molar-refractivity contribution in [3.8, 4) is 11.1 Å². The smallest absolute Gasteiger partial charge is 0.264 e. The van der Waals surface area contributed by atoms with Crippen molar-refractivity contribution in [1.82, 2.24) is 19.3 Å². The summed E-state index contributed by atoms with van der Waals surface area (Å²) in [7, 11) is 0. The molecule has 0 amide bonds. The van der Waals surface area contributed by atoms with Gasteiger partial charge in [-0.3, -0.25) is 9.36 Å². The van der Waals surface area contributed by atoms with Gasteiger partial charge in [-0.2, -0.15) is 5.10 Å². The van der Waals surface area contributed by atoms with E-state index in [2.05, 4.69) is 34.3 Å². The molecule has 2 aromatic heterocycles. The second kappa shape index (κ2) is 6.50. The van der Waals surface area contributed by atoms with E-state index in [1.54, 1.807) is 21.8 Å². The van der Waals surface area contributed by atoms with Gasteiger partial charge in [-0.25, -0.2) is 9.67 Å². The van der Waals surface area contributed by atoms with Crippen molar-refractivity contribution in [2.24, 2.45) is 0 Å². The third-order valence-electron chi connectivity index (χ3n) is 4.63. The van der Waals surface area contributed by atoms with Crippen LogP contribution in [0.2, 0.25) is 0 Å². The van der Waals surface area contributed by atoms with Gasteiger partial charge < -0.3 is 0 Å². The zero-order valence-corrected chi connectivity index (χ0v) is 15.8. The zero-order valence-electron chi connectivity index (χ0n) is 15.8. The summed E-state index contributed by atoms with van der Waals surface area (Å²) in [6.45, 7) is 6.60. The first kappa shape index (κ1) is 17.2. The molecule has 5 nitrogen and oxygen atoms in total. The Morgan fingerprint density at radius 1 is 0.963 bits per heavy atom.